The van der Waals surface area contributed by atoms with E-state index >= 15 is 0 Å². The van der Waals surface area contributed by atoms with E-state index in [-0.39, 0.29) is 0 Å². The Hall–Kier alpha value is -1.33. The van der Waals surface area contributed by atoms with Crippen molar-refractivity contribution in [3.05, 3.63) is 52.5 Å². The van der Waals surface area contributed by atoms with Gasteiger partial charge in [-0.3, -0.25) is 4.21 Å². The molecule has 0 heterocycles. The quantitative estimate of drug-likeness (QED) is 0.833. The van der Waals surface area contributed by atoms with Crippen molar-refractivity contribution in [2.45, 2.75) is 17.6 Å². The molecule has 2 rings (SSSR count). The van der Waals surface area contributed by atoms with Crippen molar-refractivity contribution in [3.8, 4) is 5.75 Å². The fourth-order valence-electron chi connectivity index (χ4n) is 1.84. The predicted molar refractivity (Wildman–Crippen MR) is 86.3 cm³/mol. The van der Waals surface area contributed by atoms with Crippen molar-refractivity contribution in [3.63, 3.8) is 0 Å². The summed E-state index contributed by atoms with van der Waals surface area (Å²) in [5.74, 6) is 1.13. The first-order valence-corrected chi connectivity index (χ1v) is 8.36. The fourth-order valence-corrected chi connectivity index (χ4v) is 3.56. The van der Waals surface area contributed by atoms with Gasteiger partial charge in [0, 0.05) is 20.6 Å². The minimum atomic E-state index is -1.13. The molecule has 3 nitrogen and oxygen atoms in total. The molecule has 0 saturated carbocycles. The molecule has 2 aromatic rings. The predicted octanol–water partition coefficient (Wildman–Crippen LogP) is 3.74. The number of ether oxygens (including phenoxy) is 1. The zero-order valence-electron chi connectivity index (χ0n) is 11.1. The van der Waals surface area contributed by atoms with E-state index in [1.54, 1.807) is 6.07 Å². The first-order chi connectivity index (χ1) is 9.60. The van der Waals surface area contributed by atoms with Crippen LogP contribution in [0.15, 0.2) is 51.8 Å². The summed E-state index contributed by atoms with van der Waals surface area (Å²) < 4.78 is 18.9. The second-order valence-electron chi connectivity index (χ2n) is 4.25. The highest BCUT2D eigenvalue weighted by atomic mass is 79.9. The molecule has 0 amide bonds. The van der Waals surface area contributed by atoms with E-state index in [9.17, 15) is 4.21 Å². The van der Waals surface area contributed by atoms with E-state index in [0.717, 1.165) is 20.7 Å². The third-order valence-corrected chi connectivity index (χ3v) is 4.58. The van der Waals surface area contributed by atoms with Gasteiger partial charge in [-0.05, 0) is 43.3 Å². The van der Waals surface area contributed by atoms with Crippen molar-refractivity contribution in [2.75, 3.05) is 12.3 Å². The molecule has 1 atom stereocenters. The molecule has 0 fully saturated rings. The van der Waals surface area contributed by atoms with Gasteiger partial charge in [0.15, 0.2) is 0 Å². The van der Waals surface area contributed by atoms with Crippen molar-refractivity contribution >= 4 is 32.4 Å². The Morgan fingerprint density at radius 2 is 2.05 bits per heavy atom. The summed E-state index contributed by atoms with van der Waals surface area (Å²) in [6.45, 7) is 2.49. The molecule has 0 aliphatic rings. The summed E-state index contributed by atoms with van der Waals surface area (Å²) in [6.07, 6.45) is 0. The second-order valence-corrected chi connectivity index (χ2v) is 6.61. The average molecular weight is 354 g/mol. The number of halogens is 1. The van der Waals surface area contributed by atoms with Gasteiger partial charge in [0.2, 0.25) is 0 Å². The SMILES string of the molecule is CCOc1ccc(N)cc1CS(=O)c1cccc(Br)c1. The normalized spacial score (nSPS) is 12.1. The van der Waals surface area contributed by atoms with Gasteiger partial charge in [-0.1, -0.05) is 22.0 Å². The van der Waals surface area contributed by atoms with Gasteiger partial charge >= 0.3 is 0 Å². The number of benzene rings is 2. The van der Waals surface area contributed by atoms with Crippen LogP contribution in [-0.2, 0) is 16.6 Å². The zero-order valence-corrected chi connectivity index (χ0v) is 13.5. The molecule has 0 aliphatic heterocycles. The molecule has 0 aromatic heterocycles. The zero-order chi connectivity index (χ0) is 14.5. The third-order valence-electron chi connectivity index (χ3n) is 2.73. The average Bonchev–Trinajstić information content (AvgIpc) is 2.42. The van der Waals surface area contributed by atoms with Crippen LogP contribution in [0.1, 0.15) is 12.5 Å². The lowest BCUT2D eigenvalue weighted by molar-refractivity contribution is 0.337. The van der Waals surface area contributed by atoms with E-state index in [4.69, 9.17) is 10.5 Å². The van der Waals surface area contributed by atoms with Gasteiger partial charge in [-0.25, -0.2) is 0 Å². The third kappa shape index (κ3) is 3.84. The molecule has 2 aromatic carbocycles. The molecule has 0 aliphatic carbocycles. The minimum Gasteiger partial charge on any atom is -0.494 e. The van der Waals surface area contributed by atoms with Crippen molar-refractivity contribution in [2.24, 2.45) is 0 Å². The number of rotatable bonds is 5. The molecule has 0 radical (unpaired) electrons. The molecule has 0 saturated heterocycles. The Morgan fingerprint density at radius 3 is 2.75 bits per heavy atom. The van der Waals surface area contributed by atoms with E-state index in [0.29, 0.717) is 18.0 Å². The smallest absolute Gasteiger partial charge is 0.123 e. The maximum absolute atomic E-state index is 12.4. The van der Waals surface area contributed by atoms with E-state index in [1.165, 1.54) is 0 Å². The Morgan fingerprint density at radius 1 is 1.25 bits per heavy atom. The van der Waals surface area contributed by atoms with E-state index in [1.807, 2.05) is 43.3 Å². The largest absolute Gasteiger partial charge is 0.494 e. The summed E-state index contributed by atoms with van der Waals surface area (Å²) in [7, 11) is -1.13. The molecular formula is C15H16BrNO2S. The molecule has 0 spiro atoms. The number of hydrogen-bond donors (Lipinski definition) is 1. The van der Waals surface area contributed by atoms with Crippen LogP contribution in [0, 0.1) is 0 Å². The van der Waals surface area contributed by atoms with Crippen LogP contribution in [0.25, 0.3) is 0 Å². The fraction of sp³-hybridized carbons (Fsp3) is 0.200. The summed E-state index contributed by atoms with van der Waals surface area (Å²) in [5, 5.41) is 0. The Balaban J connectivity index is 2.25. The van der Waals surface area contributed by atoms with E-state index in [2.05, 4.69) is 15.9 Å². The maximum Gasteiger partial charge on any atom is 0.123 e. The van der Waals surface area contributed by atoms with Crippen molar-refractivity contribution in [1.82, 2.24) is 0 Å². The molecule has 5 heteroatoms. The summed E-state index contributed by atoms with van der Waals surface area (Å²) in [5.41, 5.74) is 7.31. The number of hydrogen-bond acceptors (Lipinski definition) is 3. The highest BCUT2D eigenvalue weighted by Crippen LogP contribution is 2.25. The second kappa shape index (κ2) is 6.90. The van der Waals surface area contributed by atoms with Crippen LogP contribution in [-0.4, -0.2) is 10.8 Å². The molecule has 0 bridgehead atoms. The first-order valence-electron chi connectivity index (χ1n) is 6.25. The van der Waals surface area contributed by atoms with E-state index < -0.39 is 10.8 Å². The Bertz CT molecular complexity index is 631. The topological polar surface area (TPSA) is 52.3 Å². The van der Waals surface area contributed by atoms with Crippen LogP contribution < -0.4 is 10.5 Å². The minimum absolute atomic E-state index is 0.386. The molecule has 2 N–H and O–H groups in total. The van der Waals surface area contributed by atoms with Crippen LogP contribution in [0.4, 0.5) is 5.69 Å². The van der Waals surface area contributed by atoms with Crippen molar-refractivity contribution in [1.29, 1.82) is 0 Å². The summed E-state index contributed by atoms with van der Waals surface area (Å²) in [6, 6.07) is 12.9. The van der Waals surface area contributed by atoms with Gasteiger partial charge < -0.3 is 10.5 Å². The lowest BCUT2D eigenvalue weighted by Gasteiger charge is -2.11. The van der Waals surface area contributed by atoms with Gasteiger partial charge in [0.1, 0.15) is 5.75 Å². The lowest BCUT2D eigenvalue weighted by atomic mass is 10.2. The Kier molecular flexibility index (Phi) is 5.20. The molecule has 1 unspecified atom stereocenters. The van der Waals surface area contributed by atoms with Gasteiger partial charge in [0.05, 0.1) is 23.2 Å². The van der Waals surface area contributed by atoms with Crippen LogP contribution >= 0.6 is 15.9 Å². The highest BCUT2D eigenvalue weighted by Gasteiger charge is 2.10. The number of nitrogen functional groups attached to an aromatic ring is 1. The first kappa shape index (κ1) is 15.1. The van der Waals surface area contributed by atoms with Crippen LogP contribution in [0.3, 0.4) is 0 Å². The standard InChI is InChI=1S/C15H16BrNO2S/c1-2-19-15-7-6-13(17)8-11(15)10-20(18)14-5-3-4-12(16)9-14/h3-9H,2,10,17H2,1H3. The van der Waals surface area contributed by atoms with Crippen LogP contribution in [0.2, 0.25) is 0 Å². The molecule has 20 heavy (non-hydrogen) atoms. The van der Waals surface area contributed by atoms with Crippen LogP contribution in [0.5, 0.6) is 5.75 Å². The van der Waals surface area contributed by atoms with Crippen molar-refractivity contribution < 1.29 is 8.95 Å². The number of anilines is 1. The van der Waals surface area contributed by atoms with Gasteiger partial charge in [-0.15, -0.1) is 0 Å². The highest BCUT2D eigenvalue weighted by molar-refractivity contribution is 9.10. The van der Waals surface area contributed by atoms with Gasteiger partial charge in [-0.2, -0.15) is 0 Å². The monoisotopic (exact) mass is 353 g/mol. The maximum atomic E-state index is 12.4. The van der Waals surface area contributed by atoms with Gasteiger partial charge in [0.25, 0.3) is 0 Å². The summed E-state index contributed by atoms with van der Waals surface area (Å²) >= 11 is 3.39. The molecule has 106 valence electrons. The Labute approximate surface area is 129 Å². The summed E-state index contributed by atoms with van der Waals surface area (Å²) in [4.78, 5) is 0.782. The lowest BCUT2D eigenvalue weighted by Crippen LogP contribution is -2.02. The number of nitrogens with two attached hydrogens (primary N) is 1. The molecular weight excluding hydrogens is 338 g/mol.